The molecule has 1 aromatic carbocycles. The van der Waals surface area contributed by atoms with Crippen molar-refractivity contribution >= 4 is 0 Å². The van der Waals surface area contributed by atoms with Crippen LogP contribution < -0.4 is 5.73 Å². The van der Waals surface area contributed by atoms with Gasteiger partial charge in [0.05, 0.1) is 0 Å². The van der Waals surface area contributed by atoms with Crippen molar-refractivity contribution in [2.24, 2.45) is 5.73 Å². The molecule has 1 aromatic rings. The molecule has 1 fully saturated rings. The van der Waals surface area contributed by atoms with E-state index in [1.807, 2.05) is 0 Å². The Morgan fingerprint density at radius 3 is 2.64 bits per heavy atom. The Bertz CT molecular complexity index is 284. The summed E-state index contributed by atoms with van der Waals surface area (Å²) in [7, 11) is 0. The number of nitrogens with zero attached hydrogens (tertiary/aromatic N) is 1. The quantitative estimate of drug-likeness (QED) is 0.767. The fraction of sp³-hybridized carbons (Fsp3) is 0.500. The Kier molecular flexibility index (Phi) is 2.85. The summed E-state index contributed by atoms with van der Waals surface area (Å²) >= 11 is 0. The third-order valence-electron chi connectivity index (χ3n) is 3.17. The van der Waals surface area contributed by atoms with Gasteiger partial charge in [0.1, 0.15) is 0 Å². The maximum absolute atomic E-state index is 5.98. The molecule has 2 heteroatoms. The SMILES string of the molecule is C[C@H]1[C@@H](N)CCN1Cc1ccccc1. The van der Waals surface area contributed by atoms with Gasteiger partial charge >= 0.3 is 0 Å². The summed E-state index contributed by atoms with van der Waals surface area (Å²) in [5, 5.41) is 0. The van der Waals surface area contributed by atoms with Crippen LogP contribution in [-0.4, -0.2) is 23.5 Å². The third-order valence-corrected chi connectivity index (χ3v) is 3.17. The minimum Gasteiger partial charge on any atom is -0.326 e. The van der Waals surface area contributed by atoms with Crippen molar-refractivity contribution in [2.75, 3.05) is 6.54 Å². The summed E-state index contributed by atoms with van der Waals surface area (Å²) < 4.78 is 0. The summed E-state index contributed by atoms with van der Waals surface area (Å²) in [4.78, 5) is 2.46. The lowest BCUT2D eigenvalue weighted by Crippen LogP contribution is -2.36. The highest BCUT2D eigenvalue weighted by atomic mass is 15.2. The van der Waals surface area contributed by atoms with Crippen molar-refractivity contribution < 1.29 is 0 Å². The maximum Gasteiger partial charge on any atom is 0.0237 e. The highest BCUT2D eigenvalue weighted by molar-refractivity contribution is 5.15. The van der Waals surface area contributed by atoms with Gasteiger partial charge in [-0.3, -0.25) is 4.90 Å². The standard InChI is InChI=1S/C12H18N2/c1-10-12(13)7-8-14(10)9-11-5-3-2-4-6-11/h2-6,10,12H,7-9,13H2,1H3/t10-,12-/m0/s1. The van der Waals surface area contributed by atoms with Crippen LogP contribution in [0.5, 0.6) is 0 Å². The van der Waals surface area contributed by atoms with Crippen molar-refractivity contribution in [1.29, 1.82) is 0 Å². The zero-order valence-electron chi connectivity index (χ0n) is 8.69. The van der Waals surface area contributed by atoms with E-state index in [-0.39, 0.29) is 0 Å². The largest absolute Gasteiger partial charge is 0.326 e. The van der Waals surface area contributed by atoms with Gasteiger partial charge < -0.3 is 5.73 Å². The molecular weight excluding hydrogens is 172 g/mol. The minimum absolute atomic E-state index is 0.360. The van der Waals surface area contributed by atoms with Crippen LogP contribution in [0.1, 0.15) is 18.9 Å². The third kappa shape index (κ3) is 1.97. The first-order valence-electron chi connectivity index (χ1n) is 5.31. The molecule has 0 bridgehead atoms. The summed E-state index contributed by atoms with van der Waals surface area (Å²) in [5.41, 5.74) is 7.36. The number of rotatable bonds is 2. The number of hydrogen-bond donors (Lipinski definition) is 1. The molecule has 0 aliphatic carbocycles. The monoisotopic (exact) mass is 190 g/mol. The van der Waals surface area contributed by atoms with Crippen molar-refractivity contribution in [3.63, 3.8) is 0 Å². The molecule has 2 N–H and O–H groups in total. The van der Waals surface area contributed by atoms with E-state index < -0.39 is 0 Å². The normalized spacial score (nSPS) is 28.1. The fourth-order valence-electron chi connectivity index (χ4n) is 2.07. The first kappa shape index (κ1) is 9.69. The Morgan fingerprint density at radius 1 is 1.36 bits per heavy atom. The number of likely N-dealkylation sites (tertiary alicyclic amines) is 1. The molecule has 0 spiro atoms. The lowest BCUT2D eigenvalue weighted by molar-refractivity contribution is 0.252. The lowest BCUT2D eigenvalue weighted by atomic mass is 10.1. The maximum atomic E-state index is 5.98. The molecule has 2 atom stereocenters. The second-order valence-electron chi connectivity index (χ2n) is 4.15. The van der Waals surface area contributed by atoms with Gasteiger partial charge in [-0.1, -0.05) is 30.3 Å². The van der Waals surface area contributed by atoms with E-state index in [9.17, 15) is 0 Å². The smallest absolute Gasteiger partial charge is 0.0237 e. The minimum atomic E-state index is 0.360. The van der Waals surface area contributed by atoms with Gasteiger partial charge in [0.2, 0.25) is 0 Å². The van der Waals surface area contributed by atoms with Crippen LogP contribution in [0.2, 0.25) is 0 Å². The molecule has 1 aliphatic rings. The Balaban J connectivity index is 1.99. The van der Waals surface area contributed by atoms with E-state index in [0.717, 1.165) is 19.5 Å². The van der Waals surface area contributed by atoms with Gasteiger partial charge in [-0.05, 0) is 18.9 Å². The average Bonchev–Trinajstić information content (AvgIpc) is 2.52. The number of hydrogen-bond acceptors (Lipinski definition) is 2. The summed E-state index contributed by atoms with van der Waals surface area (Å²) in [6.45, 7) is 4.40. The zero-order chi connectivity index (χ0) is 9.97. The predicted molar refractivity (Wildman–Crippen MR) is 58.9 cm³/mol. The molecule has 76 valence electrons. The second kappa shape index (κ2) is 4.11. The van der Waals surface area contributed by atoms with Crippen molar-refractivity contribution in [2.45, 2.75) is 32.0 Å². The van der Waals surface area contributed by atoms with Crippen LogP contribution in [0.4, 0.5) is 0 Å². The topological polar surface area (TPSA) is 29.3 Å². The molecule has 0 amide bonds. The van der Waals surface area contributed by atoms with Gasteiger partial charge in [-0.2, -0.15) is 0 Å². The van der Waals surface area contributed by atoms with E-state index in [2.05, 4.69) is 42.2 Å². The highest BCUT2D eigenvalue weighted by Crippen LogP contribution is 2.18. The van der Waals surface area contributed by atoms with Crippen molar-refractivity contribution in [1.82, 2.24) is 4.90 Å². The summed E-state index contributed by atoms with van der Waals surface area (Å²) in [6, 6.07) is 11.5. The van der Waals surface area contributed by atoms with Crippen LogP contribution in [0.15, 0.2) is 30.3 Å². The fourth-order valence-corrected chi connectivity index (χ4v) is 2.07. The zero-order valence-corrected chi connectivity index (χ0v) is 8.69. The molecule has 1 saturated heterocycles. The highest BCUT2D eigenvalue weighted by Gasteiger charge is 2.27. The molecule has 1 aliphatic heterocycles. The van der Waals surface area contributed by atoms with Crippen LogP contribution in [0.3, 0.4) is 0 Å². The molecule has 14 heavy (non-hydrogen) atoms. The van der Waals surface area contributed by atoms with E-state index in [0.29, 0.717) is 12.1 Å². The molecule has 1 heterocycles. The van der Waals surface area contributed by atoms with E-state index >= 15 is 0 Å². The van der Waals surface area contributed by atoms with Crippen molar-refractivity contribution in [3.05, 3.63) is 35.9 Å². The van der Waals surface area contributed by atoms with E-state index in [1.54, 1.807) is 0 Å². The van der Waals surface area contributed by atoms with Gasteiger partial charge in [0, 0.05) is 25.2 Å². The van der Waals surface area contributed by atoms with Gasteiger partial charge in [0.15, 0.2) is 0 Å². The first-order valence-corrected chi connectivity index (χ1v) is 5.31. The van der Waals surface area contributed by atoms with Crippen molar-refractivity contribution in [3.8, 4) is 0 Å². The van der Waals surface area contributed by atoms with E-state index in [4.69, 9.17) is 5.73 Å². The lowest BCUT2D eigenvalue weighted by Gasteiger charge is -2.22. The molecule has 0 aromatic heterocycles. The first-order chi connectivity index (χ1) is 6.77. The average molecular weight is 190 g/mol. The van der Waals surface area contributed by atoms with Gasteiger partial charge in [0.25, 0.3) is 0 Å². The molecule has 0 unspecified atom stereocenters. The Morgan fingerprint density at radius 2 is 2.07 bits per heavy atom. The Labute approximate surface area is 85.7 Å². The van der Waals surface area contributed by atoms with Crippen LogP contribution in [-0.2, 0) is 6.54 Å². The van der Waals surface area contributed by atoms with E-state index in [1.165, 1.54) is 5.56 Å². The van der Waals surface area contributed by atoms with Crippen LogP contribution in [0, 0.1) is 0 Å². The van der Waals surface area contributed by atoms with Crippen LogP contribution >= 0.6 is 0 Å². The number of benzene rings is 1. The van der Waals surface area contributed by atoms with Gasteiger partial charge in [-0.25, -0.2) is 0 Å². The van der Waals surface area contributed by atoms with Gasteiger partial charge in [-0.15, -0.1) is 0 Å². The predicted octanol–water partition coefficient (Wildman–Crippen LogP) is 1.61. The van der Waals surface area contributed by atoms with Crippen LogP contribution in [0.25, 0.3) is 0 Å². The molecule has 0 radical (unpaired) electrons. The molecule has 2 nitrogen and oxygen atoms in total. The molecule has 2 rings (SSSR count). The summed E-state index contributed by atoms with van der Waals surface area (Å²) in [5.74, 6) is 0. The molecule has 0 saturated carbocycles. The number of nitrogens with two attached hydrogens (primary N) is 1. The molecular formula is C12H18N2. The second-order valence-corrected chi connectivity index (χ2v) is 4.15. The summed E-state index contributed by atoms with van der Waals surface area (Å²) in [6.07, 6.45) is 1.13. The Hall–Kier alpha value is -0.860.